The second-order valence-electron chi connectivity index (χ2n) is 13.6. The third-order valence-electron chi connectivity index (χ3n) is 8.68. The SMILES string of the molecule is CCCCC/C=C\C/C=C\C/C=C\CCCCCCCCCOCC(COC(=O)CCCCCCCCC)OC(=O)CCCCCCC. The van der Waals surface area contributed by atoms with Crippen LogP contribution < -0.4 is 0 Å². The molecular weight excluding hydrogens is 596 g/mol. The van der Waals surface area contributed by atoms with Gasteiger partial charge in [0.2, 0.25) is 0 Å². The highest BCUT2D eigenvalue weighted by molar-refractivity contribution is 5.70. The molecule has 0 radical (unpaired) electrons. The number of esters is 2. The summed E-state index contributed by atoms with van der Waals surface area (Å²) in [5.41, 5.74) is 0. The number of rotatable bonds is 37. The molecule has 1 unspecified atom stereocenters. The van der Waals surface area contributed by atoms with Crippen molar-refractivity contribution >= 4 is 11.9 Å². The Balaban J connectivity index is 4.00. The van der Waals surface area contributed by atoms with E-state index in [-0.39, 0.29) is 25.2 Å². The molecule has 0 aromatic rings. The maximum atomic E-state index is 12.4. The molecule has 0 N–H and O–H groups in total. The monoisotopic (exact) mass is 675 g/mol. The molecule has 0 rings (SSSR count). The lowest BCUT2D eigenvalue weighted by atomic mass is 10.1. The van der Waals surface area contributed by atoms with Crippen molar-refractivity contribution in [1.82, 2.24) is 0 Å². The summed E-state index contributed by atoms with van der Waals surface area (Å²) in [6, 6.07) is 0. The number of carbonyl (C=O) groups excluding carboxylic acids is 2. The zero-order valence-electron chi connectivity index (χ0n) is 32.0. The van der Waals surface area contributed by atoms with Gasteiger partial charge in [0.15, 0.2) is 6.10 Å². The van der Waals surface area contributed by atoms with Gasteiger partial charge >= 0.3 is 11.9 Å². The van der Waals surface area contributed by atoms with E-state index in [9.17, 15) is 9.59 Å². The van der Waals surface area contributed by atoms with Gasteiger partial charge in [-0.25, -0.2) is 0 Å². The molecule has 1 atom stereocenters. The zero-order valence-corrected chi connectivity index (χ0v) is 32.0. The topological polar surface area (TPSA) is 61.8 Å². The molecule has 0 saturated heterocycles. The van der Waals surface area contributed by atoms with Crippen molar-refractivity contribution in [2.75, 3.05) is 19.8 Å². The van der Waals surface area contributed by atoms with Crippen LogP contribution in [0, 0.1) is 0 Å². The Morgan fingerprint density at radius 2 is 0.875 bits per heavy atom. The lowest BCUT2D eigenvalue weighted by Crippen LogP contribution is -2.30. The van der Waals surface area contributed by atoms with Crippen molar-refractivity contribution < 1.29 is 23.8 Å². The Labute approximate surface area is 298 Å². The summed E-state index contributed by atoms with van der Waals surface area (Å²) in [5.74, 6) is -0.420. The molecule has 0 aliphatic carbocycles. The van der Waals surface area contributed by atoms with Gasteiger partial charge in [-0.2, -0.15) is 0 Å². The Kier molecular flexibility index (Phi) is 38.0. The third-order valence-corrected chi connectivity index (χ3v) is 8.68. The molecule has 0 bridgehead atoms. The van der Waals surface area contributed by atoms with Gasteiger partial charge in [-0.15, -0.1) is 0 Å². The van der Waals surface area contributed by atoms with Crippen molar-refractivity contribution in [3.63, 3.8) is 0 Å². The van der Waals surface area contributed by atoms with Crippen molar-refractivity contribution in [1.29, 1.82) is 0 Å². The molecule has 0 aliphatic rings. The van der Waals surface area contributed by atoms with Gasteiger partial charge in [-0.1, -0.05) is 166 Å². The third kappa shape index (κ3) is 36.9. The highest BCUT2D eigenvalue weighted by Gasteiger charge is 2.17. The molecule has 0 heterocycles. The second-order valence-corrected chi connectivity index (χ2v) is 13.6. The average molecular weight is 675 g/mol. The number of ether oxygens (including phenoxy) is 3. The van der Waals surface area contributed by atoms with Crippen LogP contribution in [0.2, 0.25) is 0 Å². The Morgan fingerprint density at radius 1 is 0.458 bits per heavy atom. The highest BCUT2D eigenvalue weighted by atomic mass is 16.6. The van der Waals surface area contributed by atoms with Gasteiger partial charge in [0.1, 0.15) is 6.61 Å². The largest absolute Gasteiger partial charge is 0.462 e. The lowest BCUT2D eigenvalue weighted by Gasteiger charge is -2.18. The van der Waals surface area contributed by atoms with Gasteiger partial charge in [0.25, 0.3) is 0 Å². The van der Waals surface area contributed by atoms with Crippen LogP contribution in [0.1, 0.15) is 201 Å². The number of unbranched alkanes of at least 4 members (excludes halogenated alkanes) is 20. The molecule has 0 fully saturated rings. The summed E-state index contributed by atoms with van der Waals surface area (Å²) in [6.45, 7) is 7.67. The van der Waals surface area contributed by atoms with Crippen LogP contribution in [0.4, 0.5) is 0 Å². The van der Waals surface area contributed by atoms with Gasteiger partial charge in [-0.3, -0.25) is 9.59 Å². The quantitative estimate of drug-likeness (QED) is 0.0373. The first-order chi connectivity index (χ1) is 23.6. The Morgan fingerprint density at radius 3 is 1.44 bits per heavy atom. The van der Waals surface area contributed by atoms with Gasteiger partial charge in [0.05, 0.1) is 6.61 Å². The van der Waals surface area contributed by atoms with E-state index in [2.05, 4.69) is 57.2 Å². The first-order valence-corrected chi connectivity index (χ1v) is 20.5. The van der Waals surface area contributed by atoms with Crippen LogP contribution in [0.15, 0.2) is 36.5 Å². The summed E-state index contributed by atoms with van der Waals surface area (Å²) in [5, 5.41) is 0. The molecule has 5 heteroatoms. The predicted octanol–water partition coefficient (Wildman–Crippen LogP) is 13.1. The minimum Gasteiger partial charge on any atom is -0.462 e. The molecular formula is C43H78O5. The minimum absolute atomic E-state index is 0.0830. The summed E-state index contributed by atoms with van der Waals surface area (Å²) < 4.78 is 17.1. The molecule has 0 aliphatic heterocycles. The van der Waals surface area contributed by atoms with E-state index in [4.69, 9.17) is 14.2 Å². The van der Waals surface area contributed by atoms with Crippen molar-refractivity contribution in [2.45, 2.75) is 207 Å². The summed E-state index contributed by atoms with van der Waals surface area (Å²) in [6.07, 6.45) is 44.6. The number of hydrogen-bond donors (Lipinski definition) is 0. The Hall–Kier alpha value is -1.88. The van der Waals surface area contributed by atoms with E-state index in [1.807, 2.05) is 0 Å². The number of allylic oxidation sites excluding steroid dienone is 6. The van der Waals surface area contributed by atoms with Crippen LogP contribution in [-0.4, -0.2) is 37.9 Å². The smallest absolute Gasteiger partial charge is 0.306 e. The normalized spacial score (nSPS) is 12.5. The van der Waals surface area contributed by atoms with Crippen molar-refractivity contribution in [2.24, 2.45) is 0 Å². The van der Waals surface area contributed by atoms with Gasteiger partial charge in [-0.05, 0) is 57.8 Å². The molecule has 48 heavy (non-hydrogen) atoms. The lowest BCUT2D eigenvalue weighted by molar-refractivity contribution is -0.163. The van der Waals surface area contributed by atoms with E-state index in [1.54, 1.807) is 0 Å². The maximum absolute atomic E-state index is 12.4. The summed E-state index contributed by atoms with van der Waals surface area (Å²) >= 11 is 0. The summed E-state index contributed by atoms with van der Waals surface area (Å²) in [4.78, 5) is 24.7. The predicted molar refractivity (Wildman–Crippen MR) is 205 cm³/mol. The van der Waals surface area contributed by atoms with Crippen LogP contribution in [-0.2, 0) is 23.8 Å². The fourth-order valence-electron chi connectivity index (χ4n) is 5.57. The second kappa shape index (κ2) is 39.6. The van der Waals surface area contributed by atoms with Crippen molar-refractivity contribution in [3.05, 3.63) is 36.5 Å². The highest BCUT2D eigenvalue weighted by Crippen LogP contribution is 2.12. The van der Waals surface area contributed by atoms with Crippen LogP contribution >= 0.6 is 0 Å². The molecule has 0 saturated carbocycles. The molecule has 5 nitrogen and oxygen atoms in total. The fraction of sp³-hybridized carbons (Fsp3) is 0.814. The number of carbonyl (C=O) groups is 2. The van der Waals surface area contributed by atoms with E-state index < -0.39 is 6.10 Å². The molecule has 0 spiro atoms. The molecule has 0 aromatic carbocycles. The first-order valence-electron chi connectivity index (χ1n) is 20.5. The van der Waals surface area contributed by atoms with E-state index in [0.29, 0.717) is 19.4 Å². The standard InChI is InChI=1S/C43H78O5/c1-4-7-10-13-15-16-17-18-19-20-21-22-23-24-25-26-27-29-32-35-38-46-39-41(48-43(45)37-34-30-12-9-6-3)40-47-42(44)36-33-31-28-14-11-8-5-2/h15-16,18-19,21-22,41H,4-14,17,20,23-40H2,1-3H3/b16-15-,19-18-,22-21-. The first kappa shape index (κ1) is 46.1. The van der Waals surface area contributed by atoms with E-state index in [1.165, 1.54) is 109 Å². The minimum atomic E-state index is -0.529. The van der Waals surface area contributed by atoms with Crippen molar-refractivity contribution in [3.8, 4) is 0 Å². The number of hydrogen-bond acceptors (Lipinski definition) is 5. The summed E-state index contributed by atoms with van der Waals surface area (Å²) in [7, 11) is 0. The van der Waals surface area contributed by atoms with Gasteiger partial charge in [0, 0.05) is 19.4 Å². The molecule has 280 valence electrons. The van der Waals surface area contributed by atoms with E-state index >= 15 is 0 Å². The molecule has 0 aromatic heterocycles. The van der Waals surface area contributed by atoms with Gasteiger partial charge < -0.3 is 14.2 Å². The maximum Gasteiger partial charge on any atom is 0.306 e. The van der Waals surface area contributed by atoms with Crippen LogP contribution in [0.3, 0.4) is 0 Å². The molecule has 0 amide bonds. The Bertz CT molecular complexity index is 771. The van der Waals surface area contributed by atoms with Crippen LogP contribution in [0.25, 0.3) is 0 Å². The van der Waals surface area contributed by atoms with E-state index in [0.717, 1.165) is 57.8 Å². The van der Waals surface area contributed by atoms with Crippen LogP contribution in [0.5, 0.6) is 0 Å². The fourth-order valence-corrected chi connectivity index (χ4v) is 5.57. The zero-order chi connectivity index (χ0) is 35.0. The average Bonchev–Trinajstić information content (AvgIpc) is 3.08.